The molecule has 0 aromatic carbocycles. The van der Waals surface area contributed by atoms with Crippen molar-refractivity contribution in [1.29, 1.82) is 0 Å². The molecule has 4 nitrogen and oxygen atoms in total. The van der Waals surface area contributed by atoms with E-state index in [-0.39, 0.29) is 23.3 Å². The average Bonchev–Trinajstić information content (AvgIpc) is 2.41. The third kappa shape index (κ3) is 5.84. The van der Waals surface area contributed by atoms with Crippen LogP contribution in [0.3, 0.4) is 0 Å². The Kier molecular flexibility index (Phi) is 6.34. The van der Waals surface area contributed by atoms with Gasteiger partial charge < -0.3 is 10.6 Å². The molecule has 0 saturated carbocycles. The quantitative estimate of drug-likeness (QED) is 0.876. The van der Waals surface area contributed by atoms with E-state index in [0.29, 0.717) is 13.1 Å². The third-order valence-electron chi connectivity index (χ3n) is 3.46. The largest absolute Gasteiger partial charge is 0.334 e. The maximum Gasteiger partial charge on any atom is 0.227 e. The molecule has 1 atom stereocenters. The minimum absolute atomic E-state index is 0.0906. The molecule has 0 radical (unpaired) electrons. The molecule has 1 heterocycles. The first kappa shape index (κ1) is 17.6. The summed E-state index contributed by atoms with van der Waals surface area (Å²) in [6, 6.07) is 5.91. The van der Waals surface area contributed by atoms with Crippen molar-refractivity contribution < 1.29 is 4.79 Å². The van der Waals surface area contributed by atoms with Crippen LogP contribution in [-0.4, -0.2) is 28.4 Å². The van der Waals surface area contributed by atoms with Gasteiger partial charge in [0.25, 0.3) is 0 Å². The van der Waals surface area contributed by atoms with Gasteiger partial charge in [0.1, 0.15) is 0 Å². The van der Waals surface area contributed by atoms with Gasteiger partial charge in [0.15, 0.2) is 0 Å². The van der Waals surface area contributed by atoms with Gasteiger partial charge >= 0.3 is 0 Å². The van der Waals surface area contributed by atoms with Crippen LogP contribution < -0.4 is 5.73 Å². The van der Waals surface area contributed by atoms with Crippen molar-refractivity contribution in [3.63, 3.8) is 0 Å². The number of nitrogens with zero attached hydrogens (tertiary/aromatic N) is 2. The maximum absolute atomic E-state index is 12.8. The predicted molar refractivity (Wildman–Crippen MR) is 86.5 cm³/mol. The molecule has 0 aliphatic rings. The summed E-state index contributed by atoms with van der Waals surface area (Å²) in [6.07, 6.45) is 2.56. The van der Waals surface area contributed by atoms with Crippen LogP contribution in [0.1, 0.15) is 46.7 Å². The Bertz CT molecular complexity index is 437. The highest BCUT2D eigenvalue weighted by atomic mass is 16.2. The van der Waals surface area contributed by atoms with Crippen molar-refractivity contribution >= 4 is 5.91 Å². The van der Waals surface area contributed by atoms with Crippen LogP contribution in [0.2, 0.25) is 0 Å². The smallest absolute Gasteiger partial charge is 0.227 e. The fraction of sp³-hybridized carbons (Fsp3) is 0.647. The first-order chi connectivity index (χ1) is 9.74. The number of carbonyl (C=O) groups excluding carboxylic acids is 1. The van der Waals surface area contributed by atoms with Crippen LogP contribution in [0.15, 0.2) is 24.4 Å². The summed E-state index contributed by atoms with van der Waals surface area (Å²) in [5.74, 6) is 0.00388. The van der Waals surface area contributed by atoms with Crippen molar-refractivity contribution in [1.82, 2.24) is 9.88 Å². The van der Waals surface area contributed by atoms with Crippen molar-refractivity contribution in [2.75, 3.05) is 6.54 Å². The van der Waals surface area contributed by atoms with Crippen LogP contribution in [0.4, 0.5) is 0 Å². The molecule has 1 aromatic rings. The van der Waals surface area contributed by atoms with Crippen molar-refractivity contribution in [3.05, 3.63) is 30.1 Å². The number of hydrogen-bond acceptors (Lipinski definition) is 3. The van der Waals surface area contributed by atoms with Gasteiger partial charge in [-0.05, 0) is 37.8 Å². The average molecular weight is 291 g/mol. The summed E-state index contributed by atoms with van der Waals surface area (Å²) < 4.78 is 0. The highest BCUT2D eigenvalue weighted by molar-refractivity contribution is 5.79. The van der Waals surface area contributed by atoms with Crippen molar-refractivity contribution in [3.8, 4) is 0 Å². The number of carbonyl (C=O) groups is 1. The highest BCUT2D eigenvalue weighted by Crippen LogP contribution is 2.26. The summed E-state index contributed by atoms with van der Waals surface area (Å²) >= 11 is 0. The molecule has 1 rings (SSSR count). The second-order valence-corrected chi connectivity index (χ2v) is 7.08. The lowest BCUT2D eigenvalue weighted by molar-refractivity contribution is -0.138. The molecule has 0 aliphatic heterocycles. The van der Waals surface area contributed by atoms with Gasteiger partial charge in [-0.15, -0.1) is 0 Å². The fourth-order valence-corrected chi connectivity index (χ4v) is 2.43. The summed E-state index contributed by atoms with van der Waals surface area (Å²) in [5.41, 5.74) is 6.85. The number of amides is 1. The molecule has 0 aliphatic carbocycles. The molecule has 118 valence electrons. The monoisotopic (exact) mass is 291 g/mol. The van der Waals surface area contributed by atoms with E-state index in [1.54, 1.807) is 6.20 Å². The fourth-order valence-electron chi connectivity index (χ4n) is 2.43. The topological polar surface area (TPSA) is 59.2 Å². The van der Waals surface area contributed by atoms with Gasteiger partial charge in [0, 0.05) is 18.8 Å². The van der Waals surface area contributed by atoms with E-state index >= 15 is 0 Å². The number of rotatable bonds is 6. The summed E-state index contributed by atoms with van der Waals surface area (Å²) in [6.45, 7) is 11.4. The molecule has 0 fully saturated rings. The van der Waals surface area contributed by atoms with Gasteiger partial charge in [-0.25, -0.2) is 0 Å². The lowest BCUT2D eigenvalue weighted by Crippen LogP contribution is -2.43. The van der Waals surface area contributed by atoms with E-state index in [4.69, 9.17) is 5.73 Å². The molecular formula is C17H29N3O. The minimum atomic E-state index is -0.129. The van der Waals surface area contributed by atoms with E-state index in [0.717, 1.165) is 12.1 Å². The Hall–Kier alpha value is -1.42. The number of aromatic nitrogens is 1. The Labute approximate surface area is 128 Å². The van der Waals surface area contributed by atoms with Crippen LogP contribution in [0.5, 0.6) is 0 Å². The molecule has 1 unspecified atom stereocenters. The van der Waals surface area contributed by atoms with Gasteiger partial charge in [-0.3, -0.25) is 9.78 Å². The first-order valence-corrected chi connectivity index (χ1v) is 7.65. The highest BCUT2D eigenvalue weighted by Gasteiger charge is 2.29. The summed E-state index contributed by atoms with van der Waals surface area (Å²) in [7, 11) is 0. The number of pyridine rings is 1. The normalized spacial score (nSPS) is 13.3. The molecule has 4 heteroatoms. The van der Waals surface area contributed by atoms with E-state index in [9.17, 15) is 4.79 Å². The van der Waals surface area contributed by atoms with Crippen LogP contribution in [0.25, 0.3) is 0 Å². The lowest BCUT2D eigenvalue weighted by atomic mass is 9.84. The minimum Gasteiger partial charge on any atom is -0.334 e. The number of hydrogen-bond donors (Lipinski definition) is 1. The molecule has 1 aromatic heterocycles. The van der Waals surface area contributed by atoms with Crippen LogP contribution >= 0.6 is 0 Å². The number of nitrogens with two attached hydrogens (primary N) is 1. The third-order valence-corrected chi connectivity index (χ3v) is 3.46. The van der Waals surface area contributed by atoms with Crippen LogP contribution in [0, 0.1) is 11.3 Å². The van der Waals surface area contributed by atoms with Gasteiger partial charge in [-0.1, -0.05) is 26.8 Å². The van der Waals surface area contributed by atoms with Gasteiger partial charge in [-0.2, -0.15) is 0 Å². The molecule has 2 N–H and O–H groups in total. The summed E-state index contributed by atoms with van der Waals surface area (Å²) in [5, 5.41) is 0. The zero-order valence-corrected chi connectivity index (χ0v) is 14.0. The van der Waals surface area contributed by atoms with Gasteiger partial charge in [0.05, 0.1) is 18.2 Å². The van der Waals surface area contributed by atoms with Crippen molar-refractivity contribution in [2.24, 2.45) is 17.1 Å². The zero-order chi connectivity index (χ0) is 16.0. The van der Waals surface area contributed by atoms with E-state index < -0.39 is 0 Å². The Balaban J connectivity index is 2.86. The van der Waals surface area contributed by atoms with E-state index in [1.807, 2.05) is 36.9 Å². The zero-order valence-electron chi connectivity index (χ0n) is 14.0. The van der Waals surface area contributed by atoms with Crippen molar-refractivity contribution in [2.45, 2.75) is 53.6 Å². The Morgan fingerprint density at radius 1 is 1.33 bits per heavy atom. The first-order valence-electron chi connectivity index (χ1n) is 7.65. The molecule has 21 heavy (non-hydrogen) atoms. The molecule has 0 bridgehead atoms. The maximum atomic E-state index is 12.8. The second kappa shape index (κ2) is 7.55. The van der Waals surface area contributed by atoms with E-state index in [1.165, 1.54) is 0 Å². The molecule has 0 saturated heterocycles. The lowest BCUT2D eigenvalue weighted by Gasteiger charge is -2.32. The second-order valence-electron chi connectivity index (χ2n) is 7.08. The molecule has 1 amide bonds. The standard InChI is InChI=1S/C17H29N3O/c1-13(2)20(12-15-8-6-7-9-19-15)16(21)14(11-18)10-17(3,4)5/h6-9,13-14H,10-12,18H2,1-5H3. The molecule has 0 spiro atoms. The summed E-state index contributed by atoms with van der Waals surface area (Å²) in [4.78, 5) is 19.0. The van der Waals surface area contributed by atoms with Crippen LogP contribution in [-0.2, 0) is 11.3 Å². The predicted octanol–water partition coefficient (Wildman–Crippen LogP) is 2.83. The SMILES string of the molecule is CC(C)N(Cc1ccccn1)C(=O)C(CN)CC(C)(C)C. The van der Waals surface area contributed by atoms with Gasteiger partial charge in [0.2, 0.25) is 5.91 Å². The Morgan fingerprint density at radius 3 is 2.43 bits per heavy atom. The van der Waals surface area contributed by atoms with E-state index in [2.05, 4.69) is 25.8 Å². The Morgan fingerprint density at radius 2 is 2.00 bits per heavy atom. The molecular weight excluding hydrogens is 262 g/mol.